The Kier molecular flexibility index (Phi) is 6.54. The predicted molar refractivity (Wildman–Crippen MR) is 94.7 cm³/mol. The van der Waals surface area contributed by atoms with E-state index < -0.39 is 8.07 Å². The minimum absolute atomic E-state index is 0.545. The Labute approximate surface area is 125 Å². The molecular weight excluding hydrogens is 262 g/mol. The standard InChI is InChI=1S/C16H35NSi2/c1-6-19(7-2,8-3)16(11-9-10-12-16)17-13-14(4)15(5)18/h17H,6-13H2,1-5,18H3. The van der Waals surface area contributed by atoms with Gasteiger partial charge in [-0.05, 0) is 26.7 Å². The zero-order valence-electron chi connectivity index (χ0n) is 14.2. The van der Waals surface area contributed by atoms with E-state index in [4.69, 9.17) is 0 Å². The fourth-order valence-electron chi connectivity index (χ4n) is 4.12. The lowest BCUT2D eigenvalue weighted by Crippen LogP contribution is -2.64. The Bertz CT molecular complexity index is 300. The molecule has 112 valence electrons. The van der Waals surface area contributed by atoms with Gasteiger partial charge in [-0.25, -0.2) is 0 Å². The highest BCUT2D eigenvalue weighted by Gasteiger charge is 2.50. The molecule has 1 N–H and O–H groups in total. The third-order valence-corrected chi connectivity index (χ3v) is 13.7. The third kappa shape index (κ3) is 3.42. The van der Waals surface area contributed by atoms with Crippen LogP contribution in [0, 0.1) is 0 Å². The molecule has 19 heavy (non-hydrogen) atoms. The molecule has 1 aliphatic rings. The minimum Gasteiger partial charge on any atom is -0.310 e. The quantitative estimate of drug-likeness (QED) is 0.708. The molecule has 0 atom stereocenters. The molecule has 0 aliphatic heterocycles. The zero-order chi connectivity index (χ0) is 14.5. The molecule has 0 aromatic heterocycles. The summed E-state index contributed by atoms with van der Waals surface area (Å²) in [5.74, 6) is 0. The van der Waals surface area contributed by atoms with Crippen molar-refractivity contribution in [2.75, 3.05) is 6.54 Å². The molecule has 0 saturated heterocycles. The van der Waals surface area contributed by atoms with Gasteiger partial charge in [0.25, 0.3) is 0 Å². The molecule has 3 heteroatoms. The van der Waals surface area contributed by atoms with Crippen LogP contribution in [0.15, 0.2) is 10.8 Å². The number of hydrogen-bond acceptors (Lipinski definition) is 1. The Morgan fingerprint density at radius 2 is 1.53 bits per heavy atom. The van der Waals surface area contributed by atoms with Crippen LogP contribution in [0.5, 0.6) is 0 Å². The lowest BCUT2D eigenvalue weighted by Gasteiger charge is -2.48. The van der Waals surface area contributed by atoms with Gasteiger partial charge in [0.05, 0.1) is 8.07 Å². The molecule has 0 amide bonds. The van der Waals surface area contributed by atoms with Gasteiger partial charge in [-0.15, -0.1) is 0 Å². The summed E-state index contributed by atoms with van der Waals surface area (Å²) in [7, 11) is 0.0570. The van der Waals surface area contributed by atoms with Gasteiger partial charge < -0.3 is 5.32 Å². The van der Waals surface area contributed by atoms with E-state index in [9.17, 15) is 0 Å². The average molecular weight is 298 g/mol. The number of allylic oxidation sites excluding steroid dienone is 1. The van der Waals surface area contributed by atoms with Crippen LogP contribution in [-0.2, 0) is 0 Å². The molecule has 0 radical (unpaired) electrons. The van der Waals surface area contributed by atoms with Gasteiger partial charge >= 0.3 is 0 Å². The SMILES string of the molecule is CC[Si](CC)(CC)C1(NCC(C)=C(C)[SiH3])CCCC1. The van der Waals surface area contributed by atoms with E-state index in [1.54, 1.807) is 10.8 Å². The molecule has 0 unspecified atom stereocenters. The zero-order valence-corrected chi connectivity index (χ0v) is 17.2. The monoisotopic (exact) mass is 297 g/mol. The van der Waals surface area contributed by atoms with E-state index in [2.05, 4.69) is 39.9 Å². The van der Waals surface area contributed by atoms with Crippen LogP contribution in [0.25, 0.3) is 0 Å². The third-order valence-electron chi connectivity index (χ3n) is 6.05. The van der Waals surface area contributed by atoms with Crippen LogP contribution in [0.3, 0.4) is 0 Å². The van der Waals surface area contributed by atoms with Gasteiger partial charge in [0.1, 0.15) is 0 Å². The van der Waals surface area contributed by atoms with E-state index in [1.807, 2.05) is 0 Å². The van der Waals surface area contributed by atoms with Crippen LogP contribution in [0.2, 0.25) is 18.1 Å². The molecule has 1 rings (SSSR count). The van der Waals surface area contributed by atoms with Crippen molar-refractivity contribution in [2.24, 2.45) is 0 Å². The Morgan fingerprint density at radius 3 is 1.89 bits per heavy atom. The van der Waals surface area contributed by atoms with E-state index in [0.717, 1.165) is 6.54 Å². The molecule has 0 aromatic carbocycles. The number of nitrogens with one attached hydrogen (secondary N) is 1. The van der Waals surface area contributed by atoms with Crippen molar-refractivity contribution in [3.8, 4) is 0 Å². The predicted octanol–water partition coefficient (Wildman–Crippen LogP) is 3.60. The number of hydrogen-bond donors (Lipinski definition) is 1. The molecule has 1 fully saturated rings. The number of rotatable bonds is 7. The first kappa shape index (κ1) is 17.2. The van der Waals surface area contributed by atoms with Crippen molar-refractivity contribution in [1.29, 1.82) is 0 Å². The highest BCUT2D eigenvalue weighted by atomic mass is 28.3. The summed E-state index contributed by atoms with van der Waals surface area (Å²) in [4.78, 5) is 0. The Morgan fingerprint density at radius 1 is 1.05 bits per heavy atom. The van der Waals surface area contributed by atoms with Gasteiger partial charge in [0, 0.05) is 21.9 Å². The largest absolute Gasteiger partial charge is 0.310 e. The normalized spacial score (nSPS) is 20.7. The first-order chi connectivity index (χ1) is 8.97. The summed E-state index contributed by atoms with van der Waals surface area (Å²) in [5.41, 5.74) is 1.60. The molecule has 0 heterocycles. The summed E-state index contributed by atoms with van der Waals surface area (Å²) < 4.78 is 0. The minimum atomic E-state index is -1.16. The summed E-state index contributed by atoms with van der Waals surface area (Å²) in [6, 6.07) is 4.36. The Hall–Kier alpha value is 0.134. The Balaban J connectivity index is 2.94. The molecule has 0 spiro atoms. The van der Waals surface area contributed by atoms with Gasteiger partial charge in [-0.1, -0.05) is 62.5 Å². The summed E-state index contributed by atoms with van der Waals surface area (Å²) in [6.07, 6.45) is 5.79. The van der Waals surface area contributed by atoms with Gasteiger partial charge in [0.2, 0.25) is 0 Å². The summed E-state index contributed by atoms with van der Waals surface area (Å²) in [6.45, 7) is 13.1. The summed E-state index contributed by atoms with van der Waals surface area (Å²) in [5, 5.41) is 6.26. The fourth-order valence-corrected chi connectivity index (χ4v) is 9.70. The second kappa shape index (κ2) is 7.23. The second-order valence-electron chi connectivity index (χ2n) is 6.76. The molecular formula is C16H35NSi2. The maximum absolute atomic E-state index is 4.10. The molecule has 1 nitrogen and oxygen atoms in total. The molecule has 1 aliphatic carbocycles. The van der Waals surface area contributed by atoms with Crippen LogP contribution >= 0.6 is 0 Å². The van der Waals surface area contributed by atoms with E-state index >= 15 is 0 Å². The van der Waals surface area contributed by atoms with E-state index in [-0.39, 0.29) is 0 Å². The highest BCUT2D eigenvalue weighted by Crippen LogP contribution is 2.43. The van der Waals surface area contributed by atoms with Crippen molar-refractivity contribution < 1.29 is 0 Å². The van der Waals surface area contributed by atoms with Crippen LogP contribution in [0.4, 0.5) is 0 Å². The van der Waals surface area contributed by atoms with E-state index in [1.165, 1.54) is 54.1 Å². The van der Waals surface area contributed by atoms with Crippen molar-refractivity contribution in [3.05, 3.63) is 10.8 Å². The highest BCUT2D eigenvalue weighted by molar-refractivity contribution is 6.82. The molecule has 1 saturated carbocycles. The van der Waals surface area contributed by atoms with Crippen LogP contribution < -0.4 is 5.32 Å². The fraction of sp³-hybridized carbons (Fsp3) is 0.875. The van der Waals surface area contributed by atoms with Crippen LogP contribution in [0.1, 0.15) is 60.3 Å². The molecule has 0 aromatic rings. The second-order valence-corrected chi connectivity index (χ2v) is 13.9. The maximum Gasteiger partial charge on any atom is 0.0757 e. The van der Waals surface area contributed by atoms with Crippen molar-refractivity contribution in [2.45, 2.75) is 83.6 Å². The smallest absolute Gasteiger partial charge is 0.0757 e. The van der Waals surface area contributed by atoms with Crippen LogP contribution in [-0.4, -0.2) is 30.0 Å². The first-order valence-electron chi connectivity index (χ1n) is 8.35. The van der Waals surface area contributed by atoms with Crippen molar-refractivity contribution in [1.82, 2.24) is 5.32 Å². The molecule has 0 bridgehead atoms. The van der Waals surface area contributed by atoms with Crippen molar-refractivity contribution in [3.63, 3.8) is 0 Å². The lowest BCUT2D eigenvalue weighted by molar-refractivity contribution is 0.453. The van der Waals surface area contributed by atoms with E-state index in [0.29, 0.717) is 5.16 Å². The average Bonchev–Trinajstić information content (AvgIpc) is 2.89. The van der Waals surface area contributed by atoms with Crippen molar-refractivity contribution >= 4 is 18.3 Å². The van der Waals surface area contributed by atoms with Gasteiger partial charge in [-0.3, -0.25) is 0 Å². The first-order valence-corrected chi connectivity index (χ1v) is 12.0. The maximum atomic E-state index is 4.10. The lowest BCUT2D eigenvalue weighted by atomic mass is 10.2. The topological polar surface area (TPSA) is 12.0 Å². The summed E-state index contributed by atoms with van der Waals surface area (Å²) >= 11 is 0. The van der Waals surface area contributed by atoms with Gasteiger partial charge in [0.15, 0.2) is 0 Å². The van der Waals surface area contributed by atoms with Gasteiger partial charge in [-0.2, -0.15) is 0 Å².